The van der Waals surface area contributed by atoms with E-state index < -0.39 is 0 Å². The molecular weight excluding hydrogens is 302 g/mol. The number of aryl methyl sites for hydroxylation is 1. The number of nitrogens with zero attached hydrogens (tertiary/aromatic N) is 2. The highest BCUT2D eigenvalue weighted by Gasteiger charge is 2.30. The molecule has 0 spiro atoms. The first-order chi connectivity index (χ1) is 11.7. The van der Waals surface area contributed by atoms with E-state index in [-0.39, 0.29) is 18.6 Å². The molecule has 1 N–H and O–H groups in total. The second-order valence-electron chi connectivity index (χ2n) is 5.58. The molecule has 0 aliphatic heterocycles. The average Bonchev–Trinajstić information content (AvgIpc) is 3.04. The zero-order chi connectivity index (χ0) is 16.9. The fourth-order valence-electron chi connectivity index (χ4n) is 3.12. The summed E-state index contributed by atoms with van der Waals surface area (Å²) in [5, 5.41) is 2.86. The normalized spacial score (nSPS) is 15.2. The minimum absolute atomic E-state index is 0.0140. The topological polar surface area (TPSA) is 54.5 Å². The first-order valence-electron chi connectivity index (χ1n) is 7.82. The molecule has 5 heteroatoms. The Kier molecular flexibility index (Phi) is 4.66. The highest BCUT2D eigenvalue weighted by Crippen LogP contribution is 2.36. The van der Waals surface area contributed by atoms with E-state index in [0.717, 1.165) is 12.8 Å². The molecule has 1 aliphatic carbocycles. The molecule has 5 nitrogen and oxygen atoms in total. The zero-order valence-corrected chi connectivity index (χ0v) is 13.5. The van der Waals surface area contributed by atoms with Crippen molar-refractivity contribution in [3.63, 3.8) is 0 Å². The second kappa shape index (κ2) is 7.05. The van der Waals surface area contributed by atoms with Crippen LogP contribution in [0.2, 0.25) is 0 Å². The Balaban J connectivity index is 1.84. The van der Waals surface area contributed by atoms with Crippen LogP contribution in [0.4, 0.5) is 10.5 Å². The summed E-state index contributed by atoms with van der Waals surface area (Å²) in [5.41, 5.74) is 2.97. The smallest absolute Gasteiger partial charge is 0.323 e. The van der Waals surface area contributed by atoms with Crippen molar-refractivity contribution in [2.24, 2.45) is 0 Å². The molecule has 2 aromatic rings. The Morgan fingerprint density at radius 2 is 2.25 bits per heavy atom. The molecular formula is C19H19N3O2. The van der Waals surface area contributed by atoms with Crippen LogP contribution in [0.15, 0.2) is 42.6 Å². The van der Waals surface area contributed by atoms with Crippen molar-refractivity contribution < 1.29 is 9.53 Å². The Bertz CT molecular complexity index is 782. The standard InChI is InChI=1S/C19H19N3O2/c1-3-13-22(17-11-10-14-7-4-5-8-15(14)17)19(23)21-16-9-6-12-20-18(16)24-2/h1,4-9,12,17H,10-11,13H2,2H3,(H,21,23)/t17-/m1/s1. The lowest BCUT2D eigenvalue weighted by Gasteiger charge is -2.28. The Morgan fingerprint density at radius 1 is 1.42 bits per heavy atom. The summed E-state index contributed by atoms with van der Waals surface area (Å²) in [6, 6.07) is 11.4. The van der Waals surface area contributed by atoms with Crippen LogP contribution < -0.4 is 10.1 Å². The number of pyridine rings is 1. The van der Waals surface area contributed by atoms with Gasteiger partial charge in [0.1, 0.15) is 5.69 Å². The molecule has 0 saturated heterocycles. The van der Waals surface area contributed by atoms with Crippen LogP contribution in [-0.2, 0) is 6.42 Å². The van der Waals surface area contributed by atoms with Gasteiger partial charge in [0.05, 0.1) is 19.7 Å². The molecule has 2 amide bonds. The van der Waals surface area contributed by atoms with Gasteiger partial charge in [0.25, 0.3) is 0 Å². The Labute approximate surface area is 141 Å². The van der Waals surface area contributed by atoms with Crippen molar-refractivity contribution in [1.82, 2.24) is 9.88 Å². The number of aromatic nitrogens is 1. The van der Waals surface area contributed by atoms with Gasteiger partial charge in [0.2, 0.25) is 5.88 Å². The largest absolute Gasteiger partial charge is 0.480 e. The minimum atomic E-state index is -0.249. The number of methoxy groups -OCH3 is 1. The van der Waals surface area contributed by atoms with Crippen molar-refractivity contribution in [3.05, 3.63) is 53.7 Å². The molecule has 1 aromatic heterocycles. The number of carbonyl (C=O) groups is 1. The van der Waals surface area contributed by atoms with Crippen molar-refractivity contribution >= 4 is 11.7 Å². The molecule has 1 atom stereocenters. The number of urea groups is 1. The first kappa shape index (κ1) is 15.9. The fraction of sp³-hybridized carbons (Fsp3) is 0.263. The zero-order valence-electron chi connectivity index (χ0n) is 13.5. The van der Waals surface area contributed by atoms with E-state index in [2.05, 4.69) is 28.4 Å². The summed E-state index contributed by atoms with van der Waals surface area (Å²) in [7, 11) is 1.52. The molecule has 0 saturated carbocycles. The van der Waals surface area contributed by atoms with E-state index >= 15 is 0 Å². The average molecular weight is 321 g/mol. The number of terminal acetylenes is 1. The molecule has 0 radical (unpaired) electrons. The quantitative estimate of drug-likeness (QED) is 0.880. The van der Waals surface area contributed by atoms with Crippen molar-refractivity contribution in [2.75, 3.05) is 19.0 Å². The van der Waals surface area contributed by atoms with Crippen molar-refractivity contribution in [2.45, 2.75) is 18.9 Å². The monoisotopic (exact) mass is 321 g/mol. The molecule has 24 heavy (non-hydrogen) atoms. The molecule has 1 aliphatic rings. The van der Waals surface area contributed by atoms with Crippen LogP contribution in [0, 0.1) is 12.3 Å². The van der Waals surface area contributed by atoms with Gasteiger partial charge in [-0.1, -0.05) is 30.2 Å². The molecule has 3 rings (SSSR count). The summed E-state index contributed by atoms with van der Waals surface area (Å²) in [6.45, 7) is 0.243. The van der Waals surface area contributed by atoms with Crippen molar-refractivity contribution in [1.29, 1.82) is 0 Å². The molecule has 0 unspecified atom stereocenters. The minimum Gasteiger partial charge on any atom is -0.480 e. The van der Waals surface area contributed by atoms with E-state index in [4.69, 9.17) is 11.2 Å². The number of carbonyl (C=O) groups excluding carboxylic acids is 1. The third kappa shape index (κ3) is 3.04. The highest BCUT2D eigenvalue weighted by molar-refractivity contribution is 5.91. The summed E-state index contributed by atoms with van der Waals surface area (Å²) in [5.74, 6) is 2.96. The SMILES string of the molecule is C#CCN(C(=O)Nc1cccnc1OC)[C@@H]1CCc2ccccc21. The van der Waals surface area contributed by atoms with Crippen LogP contribution >= 0.6 is 0 Å². The lowest BCUT2D eigenvalue weighted by Crippen LogP contribution is -2.37. The fourth-order valence-corrected chi connectivity index (χ4v) is 3.12. The van der Waals surface area contributed by atoms with Crippen LogP contribution in [0.1, 0.15) is 23.6 Å². The number of hydrogen-bond acceptors (Lipinski definition) is 3. The third-order valence-corrected chi connectivity index (χ3v) is 4.21. The Hall–Kier alpha value is -3.00. The van der Waals surface area contributed by atoms with Crippen LogP contribution in [0.5, 0.6) is 5.88 Å². The summed E-state index contributed by atoms with van der Waals surface area (Å²) >= 11 is 0. The number of rotatable bonds is 4. The Morgan fingerprint density at radius 3 is 3.04 bits per heavy atom. The highest BCUT2D eigenvalue weighted by atomic mass is 16.5. The van der Waals surface area contributed by atoms with Crippen molar-refractivity contribution in [3.8, 4) is 18.2 Å². The van der Waals surface area contributed by atoms with Crippen LogP contribution in [-0.4, -0.2) is 29.6 Å². The van der Waals surface area contributed by atoms with Gasteiger partial charge in [-0.25, -0.2) is 9.78 Å². The summed E-state index contributed by atoms with van der Waals surface area (Å²) in [4.78, 5) is 18.6. The van der Waals surface area contributed by atoms with E-state index in [9.17, 15) is 4.79 Å². The number of fused-ring (bicyclic) bond motifs is 1. The summed E-state index contributed by atoms with van der Waals surface area (Å²) in [6.07, 6.45) is 8.93. The molecule has 1 aromatic carbocycles. The molecule has 122 valence electrons. The number of anilines is 1. The number of ether oxygens (including phenoxy) is 1. The van der Waals surface area contributed by atoms with E-state index in [1.165, 1.54) is 18.2 Å². The van der Waals surface area contributed by atoms with Gasteiger partial charge in [0, 0.05) is 6.20 Å². The van der Waals surface area contributed by atoms with E-state index in [0.29, 0.717) is 11.6 Å². The molecule has 1 heterocycles. The van der Waals surface area contributed by atoms with E-state index in [1.807, 2.05) is 12.1 Å². The number of amides is 2. The maximum atomic E-state index is 12.8. The van der Waals surface area contributed by atoms with Gasteiger partial charge in [-0.3, -0.25) is 0 Å². The lowest BCUT2D eigenvalue weighted by atomic mass is 10.1. The lowest BCUT2D eigenvalue weighted by molar-refractivity contribution is 0.197. The third-order valence-electron chi connectivity index (χ3n) is 4.21. The van der Waals surface area contributed by atoms with Gasteiger partial charge in [-0.15, -0.1) is 6.42 Å². The van der Waals surface area contributed by atoms with Gasteiger partial charge in [-0.2, -0.15) is 0 Å². The molecule has 0 bridgehead atoms. The number of benzene rings is 1. The molecule has 0 fully saturated rings. The van der Waals surface area contributed by atoms with Gasteiger partial charge in [0.15, 0.2) is 0 Å². The van der Waals surface area contributed by atoms with Gasteiger partial charge < -0.3 is 15.0 Å². The van der Waals surface area contributed by atoms with Gasteiger partial charge >= 0.3 is 6.03 Å². The predicted molar refractivity (Wildman–Crippen MR) is 92.9 cm³/mol. The predicted octanol–water partition coefficient (Wildman–Crippen LogP) is 3.24. The second-order valence-corrected chi connectivity index (χ2v) is 5.58. The van der Waals surface area contributed by atoms with Gasteiger partial charge in [-0.05, 0) is 36.1 Å². The number of nitrogens with one attached hydrogen (secondary N) is 1. The first-order valence-corrected chi connectivity index (χ1v) is 7.82. The maximum Gasteiger partial charge on any atom is 0.323 e. The van der Waals surface area contributed by atoms with Crippen LogP contribution in [0.25, 0.3) is 0 Å². The summed E-state index contributed by atoms with van der Waals surface area (Å²) < 4.78 is 5.18. The maximum absolute atomic E-state index is 12.8. The number of hydrogen-bond donors (Lipinski definition) is 1. The van der Waals surface area contributed by atoms with Crippen LogP contribution in [0.3, 0.4) is 0 Å². The van der Waals surface area contributed by atoms with E-state index in [1.54, 1.807) is 23.2 Å².